The predicted octanol–water partition coefficient (Wildman–Crippen LogP) is 4.66. The summed E-state index contributed by atoms with van der Waals surface area (Å²) in [7, 11) is 0. The Morgan fingerprint density at radius 2 is 2.05 bits per heavy atom. The van der Waals surface area contributed by atoms with Gasteiger partial charge in [-0.3, -0.25) is 0 Å². The number of fused-ring (bicyclic) bond motifs is 1. The molecule has 0 radical (unpaired) electrons. The monoisotopic (exact) mass is 278 g/mol. The molecule has 0 N–H and O–H groups in total. The molecule has 1 aromatic carbocycles. The number of halogens is 1. The van der Waals surface area contributed by atoms with Crippen molar-refractivity contribution in [1.82, 2.24) is 0 Å². The van der Waals surface area contributed by atoms with Gasteiger partial charge in [-0.2, -0.15) is 0 Å². The van der Waals surface area contributed by atoms with Gasteiger partial charge < -0.3 is 4.74 Å². The van der Waals surface area contributed by atoms with Crippen LogP contribution in [0.25, 0.3) is 0 Å². The quantitative estimate of drug-likeness (QED) is 0.712. The maximum atomic E-state index is 6.60. The zero-order valence-electron chi connectivity index (χ0n) is 11.7. The van der Waals surface area contributed by atoms with Gasteiger partial charge in [-0.15, -0.1) is 11.6 Å². The zero-order chi connectivity index (χ0) is 13.2. The van der Waals surface area contributed by atoms with Crippen molar-refractivity contribution in [1.29, 1.82) is 0 Å². The lowest BCUT2D eigenvalue weighted by atomic mass is 9.78. The van der Waals surface area contributed by atoms with Crippen LogP contribution >= 0.6 is 11.6 Å². The smallest absolute Gasteiger partial charge is 0.0588 e. The minimum Gasteiger partial charge on any atom is -0.378 e. The topological polar surface area (TPSA) is 9.23 Å². The maximum Gasteiger partial charge on any atom is 0.0588 e. The summed E-state index contributed by atoms with van der Waals surface area (Å²) in [6.07, 6.45) is 7.79. The van der Waals surface area contributed by atoms with Crippen LogP contribution in [0.2, 0.25) is 0 Å². The third-order valence-electron chi connectivity index (χ3n) is 4.62. The van der Waals surface area contributed by atoms with E-state index in [2.05, 4.69) is 25.1 Å². The summed E-state index contributed by atoms with van der Waals surface area (Å²) in [4.78, 5) is 0. The minimum absolute atomic E-state index is 0.179. The average Bonchev–Trinajstić information content (AvgIpc) is 2.83. The number of hydrogen-bond acceptors (Lipinski definition) is 1. The van der Waals surface area contributed by atoms with E-state index in [9.17, 15) is 0 Å². The number of benzene rings is 1. The molecule has 3 rings (SSSR count). The van der Waals surface area contributed by atoms with Crippen molar-refractivity contribution in [2.45, 2.75) is 56.9 Å². The number of alkyl halides is 1. The molecule has 1 fully saturated rings. The fourth-order valence-corrected chi connectivity index (χ4v) is 3.84. The Balaban J connectivity index is 1.55. The van der Waals surface area contributed by atoms with E-state index in [0.717, 1.165) is 18.9 Å². The lowest BCUT2D eigenvalue weighted by Gasteiger charge is -2.36. The molecule has 1 aromatic rings. The Kier molecular flexibility index (Phi) is 4.14. The highest BCUT2D eigenvalue weighted by molar-refractivity contribution is 6.20. The molecular formula is C17H23ClO. The van der Waals surface area contributed by atoms with Crippen molar-refractivity contribution in [2.75, 3.05) is 6.61 Å². The summed E-state index contributed by atoms with van der Waals surface area (Å²) in [5.74, 6) is 0.757. The van der Waals surface area contributed by atoms with E-state index in [4.69, 9.17) is 16.3 Å². The van der Waals surface area contributed by atoms with Crippen LogP contribution in [0, 0.1) is 5.92 Å². The van der Waals surface area contributed by atoms with Crippen LogP contribution in [-0.2, 0) is 17.6 Å². The summed E-state index contributed by atoms with van der Waals surface area (Å²) in [5, 5.41) is 0.179. The van der Waals surface area contributed by atoms with Crippen molar-refractivity contribution >= 4 is 11.6 Å². The Labute approximate surface area is 121 Å². The number of aryl methyl sites for hydroxylation is 2. The van der Waals surface area contributed by atoms with E-state index in [-0.39, 0.29) is 5.38 Å². The lowest BCUT2D eigenvalue weighted by Crippen LogP contribution is -2.31. The molecule has 2 aliphatic carbocycles. The van der Waals surface area contributed by atoms with E-state index in [1.807, 2.05) is 0 Å². The highest BCUT2D eigenvalue weighted by atomic mass is 35.5. The molecule has 2 heteroatoms. The second-order valence-electron chi connectivity index (χ2n) is 6.00. The van der Waals surface area contributed by atoms with E-state index in [1.54, 1.807) is 0 Å². The first-order chi connectivity index (χ1) is 9.26. The van der Waals surface area contributed by atoms with Crippen molar-refractivity contribution in [3.63, 3.8) is 0 Å². The lowest BCUT2D eigenvalue weighted by molar-refractivity contribution is -0.0267. The molecule has 1 unspecified atom stereocenters. The van der Waals surface area contributed by atoms with Gasteiger partial charge in [0.2, 0.25) is 0 Å². The van der Waals surface area contributed by atoms with Gasteiger partial charge in [-0.1, -0.05) is 18.2 Å². The van der Waals surface area contributed by atoms with Crippen LogP contribution in [0.5, 0.6) is 0 Å². The van der Waals surface area contributed by atoms with E-state index in [1.165, 1.54) is 48.8 Å². The molecule has 0 amide bonds. The molecule has 0 heterocycles. The van der Waals surface area contributed by atoms with Crippen LogP contribution in [0.15, 0.2) is 18.2 Å². The average molecular weight is 279 g/mol. The van der Waals surface area contributed by atoms with Gasteiger partial charge in [-0.25, -0.2) is 0 Å². The van der Waals surface area contributed by atoms with Crippen LogP contribution in [-0.4, -0.2) is 12.7 Å². The molecule has 2 aliphatic rings. The largest absolute Gasteiger partial charge is 0.378 e. The second-order valence-corrected chi connectivity index (χ2v) is 6.53. The second kappa shape index (κ2) is 5.85. The van der Waals surface area contributed by atoms with Gasteiger partial charge in [0.05, 0.1) is 11.5 Å². The predicted molar refractivity (Wildman–Crippen MR) is 79.8 cm³/mol. The van der Waals surface area contributed by atoms with Crippen LogP contribution < -0.4 is 0 Å². The van der Waals surface area contributed by atoms with Crippen LogP contribution in [0.3, 0.4) is 0 Å². The zero-order valence-corrected chi connectivity index (χ0v) is 12.5. The van der Waals surface area contributed by atoms with Crippen LogP contribution in [0.4, 0.5) is 0 Å². The molecule has 0 saturated heterocycles. The number of ether oxygens (including phenoxy) is 1. The van der Waals surface area contributed by atoms with Crippen molar-refractivity contribution in [3.8, 4) is 0 Å². The highest BCUT2D eigenvalue weighted by Crippen LogP contribution is 2.40. The maximum absolute atomic E-state index is 6.60. The van der Waals surface area contributed by atoms with E-state index < -0.39 is 0 Å². The summed E-state index contributed by atoms with van der Waals surface area (Å²) < 4.78 is 5.61. The fourth-order valence-electron chi connectivity index (χ4n) is 3.45. The fraction of sp³-hybridized carbons (Fsp3) is 0.647. The number of rotatable bonds is 5. The summed E-state index contributed by atoms with van der Waals surface area (Å²) >= 11 is 6.60. The molecule has 1 atom stereocenters. The van der Waals surface area contributed by atoms with Gasteiger partial charge in [0.25, 0.3) is 0 Å². The molecule has 0 aliphatic heterocycles. The van der Waals surface area contributed by atoms with Gasteiger partial charge >= 0.3 is 0 Å². The van der Waals surface area contributed by atoms with Crippen LogP contribution in [0.1, 0.15) is 54.7 Å². The molecule has 1 nitrogen and oxygen atoms in total. The third-order valence-corrected chi connectivity index (χ3v) is 5.05. The Morgan fingerprint density at radius 1 is 1.26 bits per heavy atom. The molecule has 1 saturated carbocycles. The molecule has 104 valence electrons. The van der Waals surface area contributed by atoms with Gasteiger partial charge in [0.1, 0.15) is 0 Å². The first-order valence-electron chi connectivity index (χ1n) is 7.63. The molecular weight excluding hydrogens is 256 g/mol. The molecule has 0 aromatic heterocycles. The highest BCUT2D eigenvalue weighted by Gasteiger charge is 2.31. The van der Waals surface area contributed by atoms with E-state index >= 15 is 0 Å². The van der Waals surface area contributed by atoms with Gasteiger partial charge in [0.15, 0.2) is 0 Å². The third kappa shape index (κ3) is 2.98. The van der Waals surface area contributed by atoms with Crippen molar-refractivity contribution in [2.24, 2.45) is 5.92 Å². The summed E-state index contributed by atoms with van der Waals surface area (Å²) in [5.41, 5.74) is 4.39. The summed E-state index contributed by atoms with van der Waals surface area (Å²) in [6.45, 7) is 2.91. The molecule has 19 heavy (non-hydrogen) atoms. The van der Waals surface area contributed by atoms with Crippen molar-refractivity contribution < 1.29 is 4.74 Å². The molecule has 0 spiro atoms. The number of hydrogen-bond donors (Lipinski definition) is 0. The normalized spacial score (nSPS) is 26.8. The standard InChI is InChI=1S/C17H23ClO/c1-2-19-16-8-12(9-16)10-17(18)15-7-6-13-4-3-5-14(13)11-15/h6-7,11-12,16-17H,2-5,8-10H2,1H3. The Hall–Kier alpha value is -0.530. The van der Waals surface area contributed by atoms with Gasteiger partial charge in [-0.05, 0) is 68.1 Å². The summed E-state index contributed by atoms with van der Waals surface area (Å²) in [6, 6.07) is 6.87. The Bertz CT molecular complexity index is 437. The molecule has 0 bridgehead atoms. The Morgan fingerprint density at radius 3 is 2.84 bits per heavy atom. The SMILES string of the molecule is CCOC1CC(CC(Cl)c2ccc3c(c2)CCC3)C1. The van der Waals surface area contributed by atoms with Gasteiger partial charge in [0, 0.05) is 6.61 Å². The first-order valence-corrected chi connectivity index (χ1v) is 8.07. The van der Waals surface area contributed by atoms with Crippen molar-refractivity contribution in [3.05, 3.63) is 34.9 Å². The van der Waals surface area contributed by atoms with E-state index in [0.29, 0.717) is 6.10 Å². The minimum atomic E-state index is 0.179. The first kappa shape index (κ1) is 13.5.